The molecule has 0 spiro atoms. The number of rotatable bonds is 8. The molecule has 0 radical (unpaired) electrons. The maximum Gasteiger partial charge on any atom is 0.335 e. The molecule has 2 aromatic carbocycles. The Hall–Kier alpha value is -4.92. The van der Waals surface area contributed by atoms with E-state index < -0.39 is 42.3 Å². The second-order valence-corrected chi connectivity index (χ2v) is 10.6. The van der Waals surface area contributed by atoms with Crippen LogP contribution in [0.5, 0.6) is 0 Å². The Balaban J connectivity index is 1.17. The molecule has 4 unspecified atom stereocenters. The fourth-order valence-electron chi connectivity index (χ4n) is 5.26. The zero-order chi connectivity index (χ0) is 30.1. The van der Waals surface area contributed by atoms with Crippen LogP contribution in [0.2, 0.25) is 0 Å². The molecule has 14 nitrogen and oxygen atoms in total. The molecule has 2 aliphatic rings. The van der Waals surface area contributed by atoms with Crippen LogP contribution in [0.3, 0.4) is 0 Å². The number of amides is 3. The first-order valence-corrected chi connectivity index (χ1v) is 13.6. The number of hydrogen-bond donors (Lipinski definition) is 4. The van der Waals surface area contributed by atoms with Crippen molar-refractivity contribution < 1.29 is 33.7 Å². The molecule has 4 atom stereocenters. The average molecular weight is 588 g/mol. The Labute approximate surface area is 245 Å². The first-order valence-electron chi connectivity index (χ1n) is 13.6. The van der Waals surface area contributed by atoms with Crippen molar-refractivity contribution in [3.8, 4) is 0 Å². The van der Waals surface area contributed by atoms with Crippen molar-refractivity contribution in [1.82, 2.24) is 19.5 Å². The van der Waals surface area contributed by atoms with E-state index in [1.54, 1.807) is 35.2 Å². The van der Waals surface area contributed by atoms with Crippen LogP contribution in [0.15, 0.2) is 67.3 Å². The fourth-order valence-corrected chi connectivity index (χ4v) is 5.26. The summed E-state index contributed by atoms with van der Waals surface area (Å²) >= 11 is 0. The molecule has 222 valence electrons. The summed E-state index contributed by atoms with van der Waals surface area (Å²) in [7, 11) is 0. The van der Waals surface area contributed by atoms with Gasteiger partial charge in [0.15, 0.2) is 29.0 Å². The highest BCUT2D eigenvalue weighted by molar-refractivity contribution is 6.03. The van der Waals surface area contributed by atoms with Gasteiger partial charge in [-0.25, -0.2) is 24.5 Å². The monoisotopic (exact) mass is 587 g/mol. The van der Waals surface area contributed by atoms with Crippen LogP contribution in [-0.2, 0) is 19.0 Å². The van der Waals surface area contributed by atoms with Crippen molar-refractivity contribution in [2.24, 2.45) is 0 Å². The number of imidazole rings is 1. The maximum atomic E-state index is 12.7. The Morgan fingerprint density at radius 3 is 2.49 bits per heavy atom. The summed E-state index contributed by atoms with van der Waals surface area (Å²) in [5.41, 5.74) is 1.86. The van der Waals surface area contributed by atoms with Gasteiger partial charge in [-0.2, -0.15) is 0 Å². The highest BCUT2D eigenvalue weighted by Gasteiger charge is 2.56. The third-order valence-corrected chi connectivity index (χ3v) is 7.07. The van der Waals surface area contributed by atoms with Crippen LogP contribution < -0.4 is 16.0 Å². The number of ether oxygens (including phenoxy) is 3. The quantitative estimate of drug-likeness (QED) is 0.235. The van der Waals surface area contributed by atoms with E-state index in [2.05, 4.69) is 30.9 Å². The van der Waals surface area contributed by atoms with Crippen LogP contribution in [-0.4, -0.2) is 66.6 Å². The van der Waals surface area contributed by atoms with Gasteiger partial charge in [0.05, 0.1) is 18.0 Å². The number of anilines is 3. The van der Waals surface area contributed by atoms with E-state index in [0.717, 1.165) is 0 Å². The molecule has 2 saturated heterocycles. The number of fused-ring (bicyclic) bond motifs is 2. The third kappa shape index (κ3) is 6.02. The number of urea groups is 1. The molecule has 2 aliphatic heterocycles. The SMILES string of the molecule is CC1(C)OC2C(CCC(=O)Nc3cccc(C(=O)O)c3)OC(n3cnc4c(NC(=O)Nc5ccccc5)ncnc43)C2O1. The Morgan fingerprint density at radius 1 is 0.930 bits per heavy atom. The molecular formula is C29H29N7O7. The maximum absolute atomic E-state index is 12.7. The van der Waals surface area contributed by atoms with E-state index in [-0.39, 0.29) is 23.7 Å². The van der Waals surface area contributed by atoms with Crippen molar-refractivity contribution in [1.29, 1.82) is 0 Å². The number of carbonyl (C=O) groups excluding carboxylic acids is 2. The molecule has 6 rings (SSSR count). The lowest BCUT2D eigenvalue weighted by Crippen LogP contribution is -2.30. The number of hydrogen-bond acceptors (Lipinski definition) is 9. The van der Waals surface area contributed by atoms with Crippen molar-refractivity contribution in [3.05, 3.63) is 72.8 Å². The number of benzene rings is 2. The molecule has 0 aliphatic carbocycles. The minimum absolute atomic E-state index is 0.0768. The zero-order valence-corrected chi connectivity index (χ0v) is 23.3. The first-order chi connectivity index (χ1) is 20.7. The normalized spacial score (nSPS) is 22.2. The molecule has 4 heterocycles. The summed E-state index contributed by atoms with van der Waals surface area (Å²) < 4.78 is 20.5. The summed E-state index contributed by atoms with van der Waals surface area (Å²) in [4.78, 5) is 49.6. The molecule has 2 aromatic heterocycles. The number of carboxylic acids is 1. The summed E-state index contributed by atoms with van der Waals surface area (Å²) in [6, 6.07) is 14.6. The van der Waals surface area contributed by atoms with Gasteiger partial charge in [-0.05, 0) is 50.6 Å². The third-order valence-electron chi connectivity index (χ3n) is 7.07. The molecule has 43 heavy (non-hydrogen) atoms. The van der Waals surface area contributed by atoms with Crippen molar-refractivity contribution in [2.75, 3.05) is 16.0 Å². The first kappa shape index (κ1) is 28.2. The number of carboxylic acid groups (broad SMARTS) is 1. The molecule has 4 N–H and O–H groups in total. The van der Waals surface area contributed by atoms with E-state index in [9.17, 15) is 19.5 Å². The lowest BCUT2D eigenvalue weighted by atomic mass is 10.1. The van der Waals surface area contributed by atoms with Gasteiger partial charge in [-0.1, -0.05) is 24.3 Å². The van der Waals surface area contributed by atoms with Gasteiger partial charge in [-0.15, -0.1) is 0 Å². The van der Waals surface area contributed by atoms with E-state index in [0.29, 0.717) is 29.0 Å². The van der Waals surface area contributed by atoms with Gasteiger partial charge in [-0.3, -0.25) is 14.7 Å². The number of para-hydroxylation sites is 1. The lowest BCUT2D eigenvalue weighted by Gasteiger charge is -2.24. The number of nitrogens with one attached hydrogen (secondary N) is 3. The zero-order valence-electron chi connectivity index (χ0n) is 23.3. The summed E-state index contributed by atoms with van der Waals surface area (Å²) in [5.74, 6) is -2.04. The Kier molecular flexibility index (Phi) is 7.48. The second-order valence-electron chi connectivity index (χ2n) is 10.6. The number of aromatic nitrogens is 4. The van der Waals surface area contributed by atoms with Crippen LogP contribution in [0, 0.1) is 0 Å². The highest BCUT2D eigenvalue weighted by Crippen LogP contribution is 2.45. The summed E-state index contributed by atoms with van der Waals surface area (Å²) in [6.45, 7) is 3.62. The summed E-state index contributed by atoms with van der Waals surface area (Å²) in [6.07, 6.45) is 1.09. The van der Waals surface area contributed by atoms with E-state index in [1.165, 1.54) is 18.5 Å². The molecule has 4 aromatic rings. The van der Waals surface area contributed by atoms with Gasteiger partial charge in [0.1, 0.15) is 18.5 Å². The van der Waals surface area contributed by atoms with E-state index >= 15 is 0 Å². The summed E-state index contributed by atoms with van der Waals surface area (Å²) in [5, 5.41) is 17.4. The van der Waals surface area contributed by atoms with Crippen molar-refractivity contribution >= 4 is 46.3 Å². The minimum atomic E-state index is -1.08. The standard InChI is InChI=1S/C29H29N7O7/c1-29(2)42-22-19(11-12-20(37)33-18-10-6-7-16(13-18)27(38)39)41-26(23(22)43-29)36-15-32-21-24(30-14-31-25(21)36)35-28(40)34-17-8-4-3-5-9-17/h3-10,13-15,19,22-23,26H,11-12H2,1-2H3,(H,33,37)(H,38,39)(H2,30,31,34,35,40). The fraction of sp³-hybridized carbons (Fsp3) is 0.310. The van der Waals surface area contributed by atoms with Gasteiger partial charge >= 0.3 is 12.0 Å². The van der Waals surface area contributed by atoms with Crippen molar-refractivity contribution in [3.63, 3.8) is 0 Å². The second kappa shape index (κ2) is 11.4. The van der Waals surface area contributed by atoms with Gasteiger partial charge in [0.2, 0.25) is 5.91 Å². The van der Waals surface area contributed by atoms with Crippen LogP contribution in [0.4, 0.5) is 22.0 Å². The molecular weight excluding hydrogens is 558 g/mol. The molecule has 2 fully saturated rings. The average Bonchev–Trinajstić information content (AvgIpc) is 3.63. The number of aromatic carboxylic acids is 1. The van der Waals surface area contributed by atoms with Crippen LogP contribution in [0.1, 0.15) is 43.3 Å². The highest BCUT2D eigenvalue weighted by atomic mass is 16.8. The molecule has 14 heteroatoms. The van der Waals surface area contributed by atoms with Crippen LogP contribution in [0.25, 0.3) is 11.2 Å². The topological polar surface area (TPSA) is 179 Å². The van der Waals surface area contributed by atoms with E-state index in [4.69, 9.17) is 14.2 Å². The van der Waals surface area contributed by atoms with Crippen molar-refractivity contribution in [2.45, 2.75) is 57.0 Å². The van der Waals surface area contributed by atoms with Gasteiger partial charge in [0, 0.05) is 17.8 Å². The number of nitrogens with zero attached hydrogens (tertiary/aromatic N) is 4. The van der Waals surface area contributed by atoms with Gasteiger partial charge < -0.3 is 30.0 Å². The minimum Gasteiger partial charge on any atom is -0.478 e. The van der Waals surface area contributed by atoms with Gasteiger partial charge in [0.25, 0.3) is 0 Å². The molecule has 0 bridgehead atoms. The molecule has 0 saturated carbocycles. The Morgan fingerprint density at radius 2 is 1.70 bits per heavy atom. The van der Waals surface area contributed by atoms with Crippen LogP contribution >= 0.6 is 0 Å². The Bertz CT molecular complexity index is 1680. The smallest absolute Gasteiger partial charge is 0.335 e. The largest absolute Gasteiger partial charge is 0.478 e. The number of carbonyl (C=O) groups is 3. The lowest BCUT2D eigenvalue weighted by molar-refractivity contribution is -0.197. The molecule has 3 amide bonds. The predicted octanol–water partition coefficient (Wildman–Crippen LogP) is 4.00. The van der Waals surface area contributed by atoms with E-state index in [1.807, 2.05) is 32.0 Å². The predicted molar refractivity (Wildman–Crippen MR) is 153 cm³/mol.